The number of halogens is 1. The molecule has 3 heterocycles. The van der Waals surface area contributed by atoms with Gasteiger partial charge >= 0.3 is 0 Å². The summed E-state index contributed by atoms with van der Waals surface area (Å²) in [6, 6.07) is 11.5. The maximum absolute atomic E-state index is 12.2. The topological polar surface area (TPSA) is 54.4 Å². The van der Waals surface area contributed by atoms with Crippen molar-refractivity contribution in [2.75, 3.05) is 0 Å². The van der Waals surface area contributed by atoms with Gasteiger partial charge in [0.25, 0.3) is 5.91 Å². The van der Waals surface area contributed by atoms with E-state index in [2.05, 4.69) is 15.3 Å². The number of aromatic nitrogens is 1. The molecule has 1 aliphatic rings. The summed E-state index contributed by atoms with van der Waals surface area (Å²) < 4.78 is 0. The predicted molar refractivity (Wildman–Crippen MR) is 106 cm³/mol. The number of carbonyl (C=O) groups excluding carboxylic acids is 1. The highest BCUT2D eigenvalue weighted by molar-refractivity contribution is 8.18. The van der Waals surface area contributed by atoms with E-state index in [1.54, 1.807) is 23.6 Å². The molecule has 1 aliphatic heterocycles. The lowest BCUT2D eigenvalue weighted by molar-refractivity contribution is -0.115. The fourth-order valence-electron chi connectivity index (χ4n) is 2.43. The molecular formula is C18H12ClN3OS2. The van der Waals surface area contributed by atoms with Crippen LogP contribution in [0.15, 0.2) is 57.9 Å². The van der Waals surface area contributed by atoms with E-state index >= 15 is 0 Å². The van der Waals surface area contributed by atoms with Crippen molar-refractivity contribution < 1.29 is 4.79 Å². The third-order valence-corrected chi connectivity index (χ3v) is 5.76. The number of fused-ring (bicyclic) bond motifs is 1. The fraction of sp³-hybridized carbons (Fsp3) is 0.0556. The number of hydrogen-bond donors (Lipinski definition) is 1. The van der Waals surface area contributed by atoms with E-state index in [4.69, 9.17) is 11.6 Å². The van der Waals surface area contributed by atoms with Gasteiger partial charge < -0.3 is 5.32 Å². The van der Waals surface area contributed by atoms with Crippen molar-refractivity contribution in [2.24, 2.45) is 4.99 Å². The lowest BCUT2D eigenvalue weighted by Crippen LogP contribution is -2.19. The van der Waals surface area contributed by atoms with Crippen molar-refractivity contribution in [3.8, 4) is 0 Å². The molecule has 0 atom stereocenters. The van der Waals surface area contributed by atoms with Gasteiger partial charge in [0.05, 0.1) is 22.0 Å². The summed E-state index contributed by atoms with van der Waals surface area (Å²) in [6.45, 7) is 0.574. The molecule has 1 fully saturated rings. The van der Waals surface area contributed by atoms with Crippen molar-refractivity contribution in [1.82, 2.24) is 10.3 Å². The lowest BCUT2D eigenvalue weighted by atomic mass is 10.1. The molecule has 0 saturated carbocycles. The lowest BCUT2D eigenvalue weighted by Gasteiger charge is -2.01. The highest BCUT2D eigenvalue weighted by Crippen LogP contribution is 2.28. The Balaban J connectivity index is 1.58. The van der Waals surface area contributed by atoms with Crippen LogP contribution in [0.1, 0.15) is 10.4 Å². The number of nitrogens with one attached hydrogen (secondary N) is 1. The second-order valence-electron chi connectivity index (χ2n) is 5.33. The van der Waals surface area contributed by atoms with E-state index in [0.29, 0.717) is 21.6 Å². The Bertz CT molecular complexity index is 1010. The van der Waals surface area contributed by atoms with Crippen LogP contribution in [0, 0.1) is 0 Å². The summed E-state index contributed by atoms with van der Waals surface area (Å²) in [5.41, 5.74) is 1.73. The minimum atomic E-state index is -0.132. The molecule has 25 heavy (non-hydrogen) atoms. The molecule has 124 valence electrons. The summed E-state index contributed by atoms with van der Waals surface area (Å²) in [7, 11) is 0. The molecule has 0 radical (unpaired) electrons. The standard InChI is InChI=1S/C18H12ClN3OS2/c19-14-5-6-20-15-4-3-11(8-13(14)15)9-16-17(23)22-18(25-16)21-10-12-2-1-7-24-12/h1-9H,10H2,(H,21,22,23)/b16-9-. The number of pyridine rings is 1. The first-order valence-electron chi connectivity index (χ1n) is 7.51. The van der Waals surface area contributed by atoms with Crippen molar-refractivity contribution in [1.29, 1.82) is 0 Å². The first-order valence-corrected chi connectivity index (χ1v) is 9.58. The van der Waals surface area contributed by atoms with Gasteiger partial charge in [0.1, 0.15) is 0 Å². The van der Waals surface area contributed by atoms with Gasteiger partial charge in [0.15, 0.2) is 5.17 Å². The molecule has 4 rings (SSSR count). The number of rotatable bonds is 3. The largest absolute Gasteiger partial charge is 0.301 e. The molecule has 3 aromatic rings. The van der Waals surface area contributed by atoms with Crippen molar-refractivity contribution in [2.45, 2.75) is 6.54 Å². The summed E-state index contributed by atoms with van der Waals surface area (Å²) in [5.74, 6) is -0.132. The highest BCUT2D eigenvalue weighted by atomic mass is 35.5. The smallest absolute Gasteiger partial charge is 0.264 e. The number of carbonyl (C=O) groups is 1. The van der Waals surface area contributed by atoms with Crippen LogP contribution in [-0.2, 0) is 11.3 Å². The third-order valence-electron chi connectivity index (χ3n) is 3.62. The minimum absolute atomic E-state index is 0.132. The average molecular weight is 386 g/mol. The molecule has 0 spiro atoms. The van der Waals surface area contributed by atoms with Crippen molar-refractivity contribution in [3.63, 3.8) is 0 Å². The maximum atomic E-state index is 12.2. The molecule has 1 saturated heterocycles. The van der Waals surface area contributed by atoms with Gasteiger partial charge in [0, 0.05) is 16.5 Å². The zero-order valence-electron chi connectivity index (χ0n) is 12.9. The van der Waals surface area contributed by atoms with Gasteiger partial charge in [-0.15, -0.1) is 11.3 Å². The van der Waals surface area contributed by atoms with E-state index in [1.165, 1.54) is 11.8 Å². The van der Waals surface area contributed by atoms with Crippen LogP contribution in [0.4, 0.5) is 0 Å². The molecule has 1 amide bonds. The number of thioether (sulfide) groups is 1. The van der Waals surface area contributed by atoms with Crippen LogP contribution in [0.3, 0.4) is 0 Å². The van der Waals surface area contributed by atoms with E-state index in [-0.39, 0.29) is 5.91 Å². The summed E-state index contributed by atoms with van der Waals surface area (Å²) in [5, 5.41) is 6.97. The van der Waals surface area contributed by atoms with E-state index in [1.807, 2.05) is 41.8 Å². The van der Waals surface area contributed by atoms with Gasteiger partial charge in [-0.3, -0.25) is 14.8 Å². The fourth-order valence-corrected chi connectivity index (χ4v) is 4.08. The van der Waals surface area contributed by atoms with Crippen LogP contribution in [0.2, 0.25) is 5.02 Å². The van der Waals surface area contributed by atoms with Crippen LogP contribution in [0.25, 0.3) is 17.0 Å². The highest BCUT2D eigenvalue weighted by Gasteiger charge is 2.23. The Hall–Kier alpha value is -2.15. The second-order valence-corrected chi connectivity index (χ2v) is 7.80. The molecule has 7 heteroatoms. The zero-order chi connectivity index (χ0) is 17.2. The minimum Gasteiger partial charge on any atom is -0.301 e. The van der Waals surface area contributed by atoms with Gasteiger partial charge in [-0.1, -0.05) is 23.7 Å². The molecule has 0 aliphatic carbocycles. The van der Waals surface area contributed by atoms with E-state index in [0.717, 1.165) is 21.3 Å². The summed E-state index contributed by atoms with van der Waals surface area (Å²) in [4.78, 5) is 22.7. The number of amides is 1. The monoisotopic (exact) mass is 385 g/mol. The van der Waals surface area contributed by atoms with Crippen molar-refractivity contribution >= 4 is 62.8 Å². The number of nitrogens with zero attached hydrogens (tertiary/aromatic N) is 2. The van der Waals surface area contributed by atoms with E-state index < -0.39 is 0 Å². The van der Waals surface area contributed by atoms with Gasteiger partial charge in [-0.05, 0) is 53.0 Å². The first kappa shape index (κ1) is 16.3. The summed E-state index contributed by atoms with van der Waals surface area (Å²) >= 11 is 9.23. The van der Waals surface area contributed by atoms with Crippen LogP contribution in [0.5, 0.6) is 0 Å². The number of thiophene rings is 1. The molecule has 1 N–H and O–H groups in total. The number of aliphatic imine (C=N–C) groups is 1. The molecule has 1 aromatic carbocycles. The van der Waals surface area contributed by atoms with Crippen LogP contribution < -0.4 is 5.32 Å². The van der Waals surface area contributed by atoms with Gasteiger partial charge in [-0.25, -0.2) is 0 Å². The SMILES string of the molecule is O=C1NC(=NCc2cccs2)S/C1=C\c1ccc2nccc(Cl)c2c1. The maximum Gasteiger partial charge on any atom is 0.264 e. The first-order chi connectivity index (χ1) is 12.2. The Morgan fingerprint density at radius 1 is 1.28 bits per heavy atom. The molecule has 0 unspecified atom stereocenters. The molecule has 2 aromatic heterocycles. The summed E-state index contributed by atoms with van der Waals surface area (Å²) in [6.07, 6.45) is 3.52. The molecule has 4 nitrogen and oxygen atoms in total. The second kappa shape index (κ2) is 7.00. The van der Waals surface area contributed by atoms with Crippen LogP contribution in [-0.4, -0.2) is 16.1 Å². The third kappa shape index (κ3) is 3.61. The van der Waals surface area contributed by atoms with Crippen molar-refractivity contribution in [3.05, 3.63) is 68.3 Å². The Labute approximate surface area is 157 Å². The number of hydrogen-bond acceptors (Lipinski definition) is 5. The van der Waals surface area contributed by atoms with Crippen LogP contribution >= 0.6 is 34.7 Å². The van der Waals surface area contributed by atoms with Gasteiger partial charge in [0.2, 0.25) is 0 Å². The number of benzene rings is 1. The zero-order valence-corrected chi connectivity index (χ0v) is 15.3. The average Bonchev–Trinajstić information content (AvgIpc) is 3.24. The Morgan fingerprint density at radius 2 is 2.20 bits per heavy atom. The molecular weight excluding hydrogens is 374 g/mol. The number of amidine groups is 1. The van der Waals surface area contributed by atoms with E-state index in [9.17, 15) is 4.79 Å². The normalized spacial score (nSPS) is 17.6. The predicted octanol–water partition coefficient (Wildman–Crippen LogP) is 4.71. The Kier molecular flexibility index (Phi) is 4.57. The quantitative estimate of drug-likeness (QED) is 0.664. The Morgan fingerprint density at radius 3 is 3.04 bits per heavy atom. The van der Waals surface area contributed by atoms with Gasteiger partial charge in [-0.2, -0.15) is 0 Å². The molecule has 0 bridgehead atoms.